The molecule has 3 rings (SSSR count). The summed E-state index contributed by atoms with van der Waals surface area (Å²) in [5.74, 6) is -0.315. The first-order valence-electron chi connectivity index (χ1n) is 9.27. The lowest BCUT2D eigenvalue weighted by molar-refractivity contribution is -0.138. The third-order valence-electron chi connectivity index (χ3n) is 4.63. The first-order valence-corrected chi connectivity index (χ1v) is 9.27. The molecule has 0 atom stereocenters. The number of halogens is 3. The maximum absolute atomic E-state index is 13.1. The number of aromatic nitrogens is 2. The minimum Gasteiger partial charge on any atom is -0.352 e. The highest BCUT2D eigenvalue weighted by Gasteiger charge is 2.32. The third-order valence-corrected chi connectivity index (χ3v) is 4.63. The molecule has 0 radical (unpaired) electrons. The molecule has 7 heteroatoms. The molecule has 1 heterocycles. The van der Waals surface area contributed by atoms with Crippen LogP contribution in [0.1, 0.15) is 38.4 Å². The summed E-state index contributed by atoms with van der Waals surface area (Å²) in [5, 5.41) is 7.12. The van der Waals surface area contributed by atoms with Crippen LogP contribution in [0, 0.1) is 13.8 Å². The number of alkyl halides is 3. The van der Waals surface area contributed by atoms with Gasteiger partial charge in [-0.3, -0.25) is 9.48 Å². The standard InChI is InChI=1S/C22H22F3N3O/c1-15-12-16(2)28(27-15)14-17-6-5-8-19(13-17)21(29)26-11-10-18-7-3-4-9-20(18)22(23,24)25/h3-9,12-13H,10-11,14H2,1-2H3,(H,26,29). The summed E-state index contributed by atoms with van der Waals surface area (Å²) in [6.07, 6.45) is -4.30. The van der Waals surface area contributed by atoms with Crippen molar-refractivity contribution in [3.63, 3.8) is 0 Å². The molecule has 1 aromatic heterocycles. The van der Waals surface area contributed by atoms with Crippen molar-refractivity contribution in [3.05, 3.63) is 88.2 Å². The van der Waals surface area contributed by atoms with E-state index in [1.165, 1.54) is 12.1 Å². The normalized spacial score (nSPS) is 11.5. The molecule has 0 aliphatic carbocycles. The number of carbonyl (C=O) groups excluding carboxylic acids is 1. The zero-order chi connectivity index (χ0) is 21.0. The zero-order valence-corrected chi connectivity index (χ0v) is 16.3. The summed E-state index contributed by atoms with van der Waals surface area (Å²) >= 11 is 0. The van der Waals surface area contributed by atoms with E-state index in [1.807, 2.05) is 30.7 Å². The summed E-state index contributed by atoms with van der Waals surface area (Å²) in [7, 11) is 0. The fourth-order valence-corrected chi connectivity index (χ4v) is 3.25. The quantitative estimate of drug-likeness (QED) is 0.659. The highest BCUT2D eigenvalue weighted by molar-refractivity contribution is 5.94. The number of aryl methyl sites for hydroxylation is 2. The Hall–Kier alpha value is -3.09. The van der Waals surface area contributed by atoms with Crippen LogP contribution >= 0.6 is 0 Å². The number of hydrogen-bond acceptors (Lipinski definition) is 2. The molecule has 0 saturated heterocycles. The monoisotopic (exact) mass is 401 g/mol. The Labute approximate surface area is 167 Å². The SMILES string of the molecule is Cc1cc(C)n(Cc2cccc(C(=O)NCCc3ccccc3C(F)(F)F)c2)n1. The van der Waals surface area contributed by atoms with Gasteiger partial charge in [-0.1, -0.05) is 30.3 Å². The Balaban J connectivity index is 1.63. The van der Waals surface area contributed by atoms with Gasteiger partial charge in [-0.2, -0.15) is 18.3 Å². The Kier molecular flexibility index (Phi) is 6.06. The lowest BCUT2D eigenvalue weighted by atomic mass is 10.0. The number of benzene rings is 2. The lowest BCUT2D eigenvalue weighted by Gasteiger charge is -2.13. The van der Waals surface area contributed by atoms with Crippen molar-refractivity contribution in [1.82, 2.24) is 15.1 Å². The van der Waals surface area contributed by atoms with Crippen molar-refractivity contribution in [2.45, 2.75) is 33.0 Å². The largest absolute Gasteiger partial charge is 0.416 e. The van der Waals surface area contributed by atoms with E-state index in [9.17, 15) is 18.0 Å². The minimum absolute atomic E-state index is 0.104. The molecule has 2 aromatic carbocycles. The van der Waals surface area contributed by atoms with Crippen molar-refractivity contribution in [3.8, 4) is 0 Å². The van der Waals surface area contributed by atoms with Crippen molar-refractivity contribution in [2.75, 3.05) is 6.54 Å². The molecule has 29 heavy (non-hydrogen) atoms. The van der Waals surface area contributed by atoms with Crippen LogP contribution in [0.3, 0.4) is 0 Å². The smallest absolute Gasteiger partial charge is 0.352 e. The Morgan fingerprint density at radius 3 is 2.52 bits per heavy atom. The van der Waals surface area contributed by atoms with E-state index in [1.54, 1.807) is 24.3 Å². The molecular formula is C22H22F3N3O. The van der Waals surface area contributed by atoms with Crippen molar-refractivity contribution >= 4 is 5.91 Å². The Morgan fingerprint density at radius 2 is 1.83 bits per heavy atom. The van der Waals surface area contributed by atoms with Crippen LogP contribution in [-0.2, 0) is 19.1 Å². The van der Waals surface area contributed by atoms with Crippen LogP contribution in [0.15, 0.2) is 54.6 Å². The molecule has 0 fully saturated rings. The van der Waals surface area contributed by atoms with Gasteiger partial charge in [0, 0.05) is 17.8 Å². The first kappa shape index (κ1) is 20.6. The van der Waals surface area contributed by atoms with Gasteiger partial charge in [0.1, 0.15) is 0 Å². The number of hydrogen-bond donors (Lipinski definition) is 1. The van der Waals surface area contributed by atoms with Crippen LogP contribution in [0.25, 0.3) is 0 Å². The van der Waals surface area contributed by atoms with Crippen LogP contribution in [0.2, 0.25) is 0 Å². The number of amides is 1. The number of nitrogens with zero attached hydrogens (tertiary/aromatic N) is 2. The second-order valence-corrected chi connectivity index (χ2v) is 6.95. The van der Waals surface area contributed by atoms with Gasteiger partial charge >= 0.3 is 6.18 Å². The molecule has 0 aliphatic rings. The van der Waals surface area contributed by atoms with E-state index in [0.29, 0.717) is 12.1 Å². The Morgan fingerprint density at radius 1 is 1.07 bits per heavy atom. The average molecular weight is 401 g/mol. The first-order chi connectivity index (χ1) is 13.7. The van der Waals surface area contributed by atoms with Crippen LogP contribution in [0.5, 0.6) is 0 Å². The highest BCUT2D eigenvalue weighted by atomic mass is 19.4. The van der Waals surface area contributed by atoms with Crippen LogP contribution in [-0.4, -0.2) is 22.2 Å². The van der Waals surface area contributed by atoms with E-state index in [4.69, 9.17) is 0 Å². The van der Waals surface area contributed by atoms with Crippen LogP contribution in [0.4, 0.5) is 13.2 Å². The Bertz CT molecular complexity index is 1010. The molecule has 3 aromatic rings. The van der Waals surface area contributed by atoms with Gasteiger partial charge < -0.3 is 5.32 Å². The molecule has 4 nitrogen and oxygen atoms in total. The van der Waals surface area contributed by atoms with Gasteiger partial charge in [0.2, 0.25) is 0 Å². The molecule has 0 aliphatic heterocycles. The van der Waals surface area contributed by atoms with Crippen molar-refractivity contribution in [2.24, 2.45) is 0 Å². The third kappa shape index (κ3) is 5.25. The van der Waals surface area contributed by atoms with Gasteiger partial charge in [0.05, 0.1) is 17.8 Å². The predicted molar refractivity (Wildman–Crippen MR) is 105 cm³/mol. The summed E-state index contributed by atoms with van der Waals surface area (Å²) in [5.41, 5.74) is 2.84. The topological polar surface area (TPSA) is 46.9 Å². The van der Waals surface area contributed by atoms with Gasteiger partial charge in [-0.05, 0) is 55.7 Å². The zero-order valence-electron chi connectivity index (χ0n) is 16.3. The average Bonchev–Trinajstić information content (AvgIpc) is 2.98. The summed E-state index contributed by atoms with van der Waals surface area (Å²) in [6, 6.07) is 14.5. The summed E-state index contributed by atoms with van der Waals surface area (Å²) in [6.45, 7) is 4.55. The molecule has 0 bridgehead atoms. The lowest BCUT2D eigenvalue weighted by Crippen LogP contribution is -2.26. The maximum atomic E-state index is 13.1. The molecule has 0 unspecified atom stereocenters. The highest BCUT2D eigenvalue weighted by Crippen LogP contribution is 2.31. The fourth-order valence-electron chi connectivity index (χ4n) is 3.25. The van der Waals surface area contributed by atoms with Crippen LogP contribution < -0.4 is 5.32 Å². The van der Waals surface area contributed by atoms with E-state index < -0.39 is 11.7 Å². The molecule has 0 saturated carbocycles. The second-order valence-electron chi connectivity index (χ2n) is 6.95. The number of nitrogens with one attached hydrogen (secondary N) is 1. The minimum atomic E-state index is -4.40. The van der Waals surface area contributed by atoms with Gasteiger partial charge in [0.15, 0.2) is 0 Å². The summed E-state index contributed by atoms with van der Waals surface area (Å²) < 4.78 is 41.0. The van der Waals surface area contributed by atoms with Gasteiger partial charge in [-0.25, -0.2) is 0 Å². The molecule has 1 N–H and O–H groups in total. The van der Waals surface area contributed by atoms with Crippen molar-refractivity contribution in [1.29, 1.82) is 0 Å². The summed E-state index contributed by atoms with van der Waals surface area (Å²) in [4.78, 5) is 12.4. The molecule has 152 valence electrons. The fraction of sp³-hybridized carbons (Fsp3) is 0.273. The number of rotatable bonds is 6. The van der Waals surface area contributed by atoms with Gasteiger partial charge in [0.25, 0.3) is 5.91 Å². The maximum Gasteiger partial charge on any atom is 0.416 e. The van der Waals surface area contributed by atoms with E-state index in [-0.39, 0.29) is 24.4 Å². The number of carbonyl (C=O) groups is 1. The van der Waals surface area contributed by atoms with Gasteiger partial charge in [-0.15, -0.1) is 0 Å². The van der Waals surface area contributed by atoms with E-state index in [2.05, 4.69) is 10.4 Å². The molecule has 1 amide bonds. The predicted octanol–water partition coefficient (Wildman–Crippen LogP) is 4.54. The molecular weight excluding hydrogens is 379 g/mol. The van der Waals surface area contributed by atoms with E-state index >= 15 is 0 Å². The van der Waals surface area contributed by atoms with E-state index in [0.717, 1.165) is 23.0 Å². The van der Waals surface area contributed by atoms with Crippen molar-refractivity contribution < 1.29 is 18.0 Å². The molecule has 0 spiro atoms. The second kappa shape index (κ2) is 8.51.